The first-order valence-electron chi connectivity index (χ1n) is 6.18. The zero-order valence-electron chi connectivity index (χ0n) is 10.7. The Morgan fingerprint density at radius 2 is 1.82 bits per heavy atom. The van der Waals surface area contributed by atoms with Crippen molar-refractivity contribution in [3.63, 3.8) is 0 Å². The zero-order valence-corrected chi connectivity index (χ0v) is 10.7. The Labute approximate surface area is 101 Å². The van der Waals surface area contributed by atoms with E-state index in [0.29, 0.717) is 0 Å². The number of halogens is 2. The fourth-order valence-corrected chi connectivity index (χ4v) is 2.21. The summed E-state index contributed by atoms with van der Waals surface area (Å²) in [5, 5.41) is 0. The summed E-state index contributed by atoms with van der Waals surface area (Å²) in [7, 11) is 1.58. The molecule has 5 heteroatoms. The predicted molar refractivity (Wildman–Crippen MR) is 62.8 cm³/mol. The third kappa shape index (κ3) is 2.94. The Morgan fingerprint density at radius 3 is 2.24 bits per heavy atom. The molecule has 0 aromatic rings. The number of alkyl halides is 2. The summed E-state index contributed by atoms with van der Waals surface area (Å²) in [6, 6.07) is -1.65. The number of rotatable bonds is 4. The molecule has 1 unspecified atom stereocenters. The molecule has 100 valence electrons. The minimum Gasteiger partial charge on any atom is -0.341 e. The van der Waals surface area contributed by atoms with Crippen LogP contribution in [0.1, 0.15) is 39.5 Å². The van der Waals surface area contributed by atoms with Crippen LogP contribution in [0.4, 0.5) is 8.78 Å². The third-order valence-electron chi connectivity index (χ3n) is 3.67. The van der Waals surface area contributed by atoms with Crippen LogP contribution < -0.4 is 5.73 Å². The lowest BCUT2D eigenvalue weighted by atomic mass is 9.97. The Kier molecular flexibility index (Phi) is 4.47. The molecule has 1 aliphatic rings. The van der Waals surface area contributed by atoms with E-state index in [1.165, 1.54) is 18.7 Å². The second kappa shape index (κ2) is 5.29. The molecule has 17 heavy (non-hydrogen) atoms. The van der Waals surface area contributed by atoms with Crippen molar-refractivity contribution in [2.75, 3.05) is 7.05 Å². The molecule has 0 spiro atoms. The Morgan fingerprint density at radius 1 is 1.35 bits per heavy atom. The molecule has 0 bridgehead atoms. The molecule has 1 rings (SSSR count). The van der Waals surface area contributed by atoms with Gasteiger partial charge in [-0.2, -0.15) is 0 Å². The van der Waals surface area contributed by atoms with Crippen LogP contribution in [0.5, 0.6) is 0 Å². The highest BCUT2D eigenvalue weighted by Crippen LogP contribution is 2.29. The van der Waals surface area contributed by atoms with Crippen LogP contribution in [0.15, 0.2) is 0 Å². The molecule has 0 radical (unpaired) electrons. The van der Waals surface area contributed by atoms with Crippen molar-refractivity contribution in [3.05, 3.63) is 0 Å². The Balaban J connectivity index is 2.68. The average molecular weight is 248 g/mol. The number of carbonyl (C=O) groups is 1. The highest BCUT2D eigenvalue weighted by Gasteiger charge is 2.46. The minimum atomic E-state index is -3.15. The number of hydrogen-bond donors (Lipinski definition) is 1. The summed E-state index contributed by atoms with van der Waals surface area (Å²) in [5.74, 6) is -4.72. The summed E-state index contributed by atoms with van der Waals surface area (Å²) in [6.45, 7) is 2.76. The molecular weight excluding hydrogens is 226 g/mol. The van der Waals surface area contributed by atoms with Crippen molar-refractivity contribution in [1.29, 1.82) is 0 Å². The minimum absolute atomic E-state index is 0.0801. The number of amides is 1. The molecule has 1 atom stereocenters. The second-order valence-corrected chi connectivity index (χ2v) is 5.19. The summed E-state index contributed by atoms with van der Waals surface area (Å²) in [4.78, 5) is 13.3. The molecule has 0 heterocycles. The number of hydrogen-bond acceptors (Lipinski definition) is 2. The highest BCUT2D eigenvalue weighted by molar-refractivity contribution is 5.82. The van der Waals surface area contributed by atoms with Crippen LogP contribution in [0, 0.1) is 5.92 Å². The molecule has 1 fully saturated rings. The van der Waals surface area contributed by atoms with Gasteiger partial charge in [0.25, 0.3) is 5.92 Å². The van der Waals surface area contributed by atoms with Crippen molar-refractivity contribution in [1.82, 2.24) is 4.90 Å². The van der Waals surface area contributed by atoms with Crippen molar-refractivity contribution < 1.29 is 13.6 Å². The first-order chi connectivity index (χ1) is 7.78. The van der Waals surface area contributed by atoms with Gasteiger partial charge in [-0.1, -0.05) is 26.7 Å². The van der Waals surface area contributed by atoms with Gasteiger partial charge in [-0.05, 0) is 12.8 Å². The van der Waals surface area contributed by atoms with E-state index >= 15 is 0 Å². The lowest BCUT2D eigenvalue weighted by Crippen LogP contribution is -2.56. The fourth-order valence-electron chi connectivity index (χ4n) is 2.21. The van der Waals surface area contributed by atoms with Gasteiger partial charge in [0, 0.05) is 19.0 Å². The largest absolute Gasteiger partial charge is 0.341 e. The molecule has 0 saturated heterocycles. The van der Waals surface area contributed by atoms with E-state index in [4.69, 9.17) is 5.73 Å². The SMILES string of the molecule is CC(C)C(F)(F)C(N)C(=O)N(C)C1CCCC1. The first-order valence-corrected chi connectivity index (χ1v) is 6.18. The van der Waals surface area contributed by atoms with E-state index in [0.717, 1.165) is 25.7 Å². The van der Waals surface area contributed by atoms with E-state index in [9.17, 15) is 13.6 Å². The molecular formula is C12H22F2N2O. The number of nitrogens with zero attached hydrogens (tertiary/aromatic N) is 1. The molecule has 1 amide bonds. The van der Waals surface area contributed by atoms with Crippen molar-refractivity contribution >= 4 is 5.91 Å². The van der Waals surface area contributed by atoms with E-state index in [1.807, 2.05) is 0 Å². The second-order valence-electron chi connectivity index (χ2n) is 5.19. The van der Waals surface area contributed by atoms with Gasteiger partial charge in [-0.15, -0.1) is 0 Å². The van der Waals surface area contributed by atoms with E-state index in [-0.39, 0.29) is 6.04 Å². The van der Waals surface area contributed by atoms with Crippen molar-refractivity contribution in [2.45, 2.75) is 57.5 Å². The lowest BCUT2D eigenvalue weighted by molar-refractivity contribution is -0.147. The first kappa shape index (κ1) is 14.4. The zero-order chi connectivity index (χ0) is 13.2. The van der Waals surface area contributed by atoms with Crippen molar-refractivity contribution in [3.8, 4) is 0 Å². The number of likely N-dealkylation sites (N-methyl/N-ethyl adjacent to an activating group) is 1. The summed E-state index contributed by atoms with van der Waals surface area (Å²) >= 11 is 0. The quantitative estimate of drug-likeness (QED) is 0.827. The van der Waals surface area contributed by atoms with Crippen molar-refractivity contribution in [2.24, 2.45) is 11.7 Å². The topological polar surface area (TPSA) is 46.3 Å². The summed E-state index contributed by atoms with van der Waals surface area (Å²) < 4.78 is 27.3. The van der Waals surface area contributed by atoms with Crippen LogP contribution in [0.2, 0.25) is 0 Å². The monoisotopic (exact) mass is 248 g/mol. The normalized spacial score (nSPS) is 19.7. The molecule has 0 aromatic carbocycles. The molecule has 1 saturated carbocycles. The average Bonchev–Trinajstić information content (AvgIpc) is 2.79. The Hall–Kier alpha value is -0.710. The standard InChI is InChI=1S/C12H22F2N2O/c1-8(2)12(13,14)10(15)11(17)16(3)9-6-4-5-7-9/h8-10H,4-7,15H2,1-3H3. The van der Waals surface area contributed by atoms with Crippen LogP contribution in [0.3, 0.4) is 0 Å². The summed E-state index contributed by atoms with van der Waals surface area (Å²) in [6.07, 6.45) is 3.89. The van der Waals surface area contributed by atoms with Gasteiger partial charge in [-0.3, -0.25) is 4.79 Å². The molecule has 0 aromatic heterocycles. The van der Waals surface area contributed by atoms with Gasteiger partial charge >= 0.3 is 0 Å². The Bertz CT molecular complexity index is 276. The van der Waals surface area contributed by atoms with Gasteiger partial charge in [0.05, 0.1) is 0 Å². The lowest BCUT2D eigenvalue weighted by Gasteiger charge is -2.32. The van der Waals surface area contributed by atoms with Crippen LogP contribution >= 0.6 is 0 Å². The maximum Gasteiger partial charge on any atom is 0.274 e. The molecule has 2 N–H and O–H groups in total. The van der Waals surface area contributed by atoms with Crippen LogP contribution in [0.25, 0.3) is 0 Å². The van der Waals surface area contributed by atoms with Crippen LogP contribution in [-0.4, -0.2) is 35.9 Å². The van der Waals surface area contributed by atoms with Gasteiger partial charge in [-0.25, -0.2) is 8.78 Å². The van der Waals surface area contributed by atoms with Gasteiger partial charge in [0.1, 0.15) is 6.04 Å². The van der Waals surface area contributed by atoms with Gasteiger partial charge in [0.2, 0.25) is 5.91 Å². The van der Waals surface area contributed by atoms with Crippen LogP contribution in [-0.2, 0) is 4.79 Å². The molecule has 1 aliphatic carbocycles. The maximum absolute atomic E-state index is 13.7. The maximum atomic E-state index is 13.7. The predicted octanol–water partition coefficient (Wildman–Crippen LogP) is 2.01. The molecule has 0 aliphatic heterocycles. The number of nitrogens with two attached hydrogens (primary N) is 1. The fraction of sp³-hybridized carbons (Fsp3) is 0.917. The van der Waals surface area contributed by atoms with E-state index in [2.05, 4.69) is 0 Å². The van der Waals surface area contributed by atoms with E-state index < -0.39 is 23.8 Å². The third-order valence-corrected chi connectivity index (χ3v) is 3.67. The van der Waals surface area contributed by atoms with Gasteiger partial charge < -0.3 is 10.6 Å². The van der Waals surface area contributed by atoms with Gasteiger partial charge in [0.15, 0.2) is 0 Å². The number of carbonyl (C=O) groups excluding carboxylic acids is 1. The smallest absolute Gasteiger partial charge is 0.274 e. The highest BCUT2D eigenvalue weighted by atomic mass is 19.3. The summed E-state index contributed by atoms with van der Waals surface area (Å²) in [5.41, 5.74) is 5.42. The molecule has 3 nitrogen and oxygen atoms in total. The van der Waals surface area contributed by atoms with E-state index in [1.54, 1.807) is 7.05 Å².